The largest absolute Gasteiger partial charge is 0.289 e. The molecule has 20 heavy (non-hydrogen) atoms. The fourth-order valence-electron chi connectivity index (χ4n) is 1.59. The highest BCUT2D eigenvalue weighted by Crippen LogP contribution is 2.27. The average Bonchev–Trinajstić information content (AvgIpc) is 2.40. The Morgan fingerprint density at radius 2 is 1.70 bits per heavy atom. The molecule has 0 saturated carbocycles. The van der Waals surface area contributed by atoms with E-state index in [1.807, 2.05) is 0 Å². The van der Waals surface area contributed by atoms with E-state index in [2.05, 4.69) is 0 Å². The van der Waals surface area contributed by atoms with E-state index in [0.717, 1.165) is 0 Å². The third-order valence-corrected chi connectivity index (χ3v) is 3.97. The summed E-state index contributed by atoms with van der Waals surface area (Å²) in [4.78, 5) is 12.1. The van der Waals surface area contributed by atoms with E-state index >= 15 is 0 Å². The second kappa shape index (κ2) is 6.64. The minimum atomic E-state index is -0.234. The molecule has 102 valence electrons. The topological polar surface area (TPSA) is 17.1 Å². The van der Waals surface area contributed by atoms with Gasteiger partial charge in [0.1, 0.15) is 0 Å². The Balaban J connectivity index is 2.27. The molecule has 2 aromatic carbocycles. The van der Waals surface area contributed by atoms with Crippen molar-refractivity contribution in [2.45, 2.75) is 0 Å². The van der Waals surface area contributed by atoms with Crippen LogP contribution in [0, 0.1) is 0 Å². The fourth-order valence-corrected chi connectivity index (χ4v) is 2.47. The average molecular weight is 346 g/mol. The predicted octanol–water partition coefficient (Wildman–Crippen LogP) is 6.20. The van der Waals surface area contributed by atoms with Crippen molar-refractivity contribution in [3.63, 3.8) is 0 Å². The number of ketones is 1. The third-order valence-electron chi connectivity index (χ3n) is 2.59. The molecule has 0 amide bonds. The second-order valence-electron chi connectivity index (χ2n) is 3.96. The Hall–Kier alpha value is -0.990. The summed E-state index contributed by atoms with van der Waals surface area (Å²) in [6.07, 6.45) is 2.99. The Morgan fingerprint density at radius 3 is 2.40 bits per heavy atom. The van der Waals surface area contributed by atoms with E-state index in [9.17, 15) is 4.79 Å². The lowest BCUT2D eigenvalue weighted by Gasteiger charge is -2.02. The highest BCUT2D eigenvalue weighted by Gasteiger charge is 2.08. The van der Waals surface area contributed by atoms with Gasteiger partial charge in [0.05, 0.1) is 15.1 Å². The molecule has 2 aromatic rings. The van der Waals surface area contributed by atoms with Gasteiger partial charge < -0.3 is 0 Å². The molecular weight excluding hydrogens is 338 g/mol. The van der Waals surface area contributed by atoms with Gasteiger partial charge in [-0.25, -0.2) is 0 Å². The summed E-state index contributed by atoms with van der Waals surface area (Å²) in [7, 11) is 0. The normalized spacial score (nSPS) is 11.0. The van der Waals surface area contributed by atoms with Crippen LogP contribution in [0.1, 0.15) is 15.9 Å². The van der Waals surface area contributed by atoms with Gasteiger partial charge in [0, 0.05) is 10.6 Å². The summed E-state index contributed by atoms with van der Waals surface area (Å²) in [5, 5.41) is 1.63. The molecule has 0 heterocycles. The van der Waals surface area contributed by atoms with Crippen molar-refractivity contribution >= 4 is 58.3 Å². The van der Waals surface area contributed by atoms with E-state index in [4.69, 9.17) is 46.4 Å². The van der Waals surface area contributed by atoms with Gasteiger partial charge in [-0.3, -0.25) is 4.79 Å². The number of allylic oxidation sites excluding steroid dienone is 1. The van der Waals surface area contributed by atoms with Gasteiger partial charge in [-0.05, 0) is 42.0 Å². The molecule has 0 unspecified atom stereocenters. The molecular formula is C15H8Cl4O. The molecule has 0 bridgehead atoms. The highest BCUT2D eigenvalue weighted by atomic mass is 35.5. The summed E-state index contributed by atoms with van der Waals surface area (Å²) in [5.74, 6) is -0.234. The number of benzene rings is 2. The first kappa shape index (κ1) is 15.4. The standard InChI is InChI=1S/C15H8Cl4O/c16-10-5-6-11(13(18)8-10)14(20)7-4-9-2-1-3-12(17)15(9)19/h1-8H. The molecule has 1 nitrogen and oxygen atoms in total. The molecule has 0 N–H and O–H groups in total. The molecule has 5 heteroatoms. The summed E-state index contributed by atoms with van der Waals surface area (Å²) in [6.45, 7) is 0. The van der Waals surface area contributed by atoms with Crippen LogP contribution in [0.15, 0.2) is 42.5 Å². The Bertz CT molecular complexity index is 692. The van der Waals surface area contributed by atoms with Crippen molar-refractivity contribution in [3.05, 3.63) is 73.7 Å². The van der Waals surface area contributed by atoms with Crippen LogP contribution in [0.2, 0.25) is 20.1 Å². The molecule has 0 aliphatic rings. The van der Waals surface area contributed by atoms with Crippen molar-refractivity contribution in [1.29, 1.82) is 0 Å². The number of halogens is 4. The van der Waals surface area contributed by atoms with Gasteiger partial charge in [-0.1, -0.05) is 58.5 Å². The van der Waals surface area contributed by atoms with Crippen molar-refractivity contribution in [3.8, 4) is 0 Å². The minimum Gasteiger partial charge on any atom is -0.289 e. The first-order chi connectivity index (χ1) is 9.49. The van der Waals surface area contributed by atoms with E-state index < -0.39 is 0 Å². The molecule has 2 rings (SSSR count). The van der Waals surface area contributed by atoms with Crippen molar-refractivity contribution in [2.24, 2.45) is 0 Å². The first-order valence-corrected chi connectivity index (χ1v) is 7.11. The maximum atomic E-state index is 12.1. The van der Waals surface area contributed by atoms with Crippen LogP contribution in [0.5, 0.6) is 0 Å². The van der Waals surface area contributed by atoms with Crippen LogP contribution in [0.3, 0.4) is 0 Å². The SMILES string of the molecule is O=C(C=Cc1cccc(Cl)c1Cl)c1ccc(Cl)cc1Cl. The maximum absolute atomic E-state index is 12.1. The van der Waals surface area contributed by atoms with E-state index in [1.54, 1.807) is 36.4 Å². The number of hydrogen-bond donors (Lipinski definition) is 0. The zero-order valence-corrected chi connectivity index (χ0v) is 13.1. The van der Waals surface area contributed by atoms with Gasteiger partial charge >= 0.3 is 0 Å². The lowest BCUT2D eigenvalue weighted by atomic mass is 10.1. The number of carbonyl (C=O) groups is 1. The van der Waals surface area contributed by atoms with Crippen LogP contribution in [-0.4, -0.2) is 5.78 Å². The van der Waals surface area contributed by atoms with Gasteiger partial charge in [0.15, 0.2) is 5.78 Å². The Kier molecular flexibility index (Phi) is 5.11. The van der Waals surface area contributed by atoms with Gasteiger partial charge in [0.25, 0.3) is 0 Å². The molecule has 0 aliphatic carbocycles. The van der Waals surface area contributed by atoms with Crippen molar-refractivity contribution in [2.75, 3.05) is 0 Å². The monoisotopic (exact) mass is 344 g/mol. The molecule has 0 aliphatic heterocycles. The van der Waals surface area contributed by atoms with E-state index in [-0.39, 0.29) is 5.78 Å². The van der Waals surface area contributed by atoms with Crippen LogP contribution in [-0.2, 0) is 0 Å². The quantitative estimate of drug-likeness (QED) is 0.478. The number of carbonyl (C=O) groups excluding carboxylic acids is 1. The lowest BCUT2D eigenvalue weighted by molar-refractivity contribution is 0.104. The van der Waals surface area contributed by atoms with Crippen LogP contribution >= 0.6 is 46.4 Å². The zero-order valence-electron chi connectivity index (χ0n) is 10.0. The molecule has 0 spiro atoms. The predicted molar refractivity (Wildman–Crippen MR) is 86.3 cm³/mol. The second-order valence-corrected chi connectivity index (χ2v) is 5.59. The van der Waals surface area contributed by atoms with E-state index in [1.165, 1.54) is 12.1 Å². The molecule has 0 atom stereocenters. The fraction of sp³-hybridized carbons (Fsp3) is 0. The summed E-state index contributed by atoms with van der Waals surface area (Å²) >= 11 is 23.7. The van der Waals surface area contributed by atoms with Crippen LogP contribution in [0.25, 0.3) is 6.08 Å². The molecule has 0 aromatic heterocycles. The van der Waals surface area contributed by atoms with Crippen LogP contribution in [0.4, 0.5) is 0 Å². The van der Waals surface area contributed by atoms with Gasteiger partial charge in [-0.15, -0.1) is 0 Å². The minimum absolute atomic E-state index is 0.234. The van der Waals surface area contributed by atoms with Gasteiger partial charge in [-0.2, -0.15) is 0 Å². The molecule has 0 saturated heterocycles. The summed E-state index contributed by atoms with van der Waals surface area (Å²) < 4.78 is 0. The lowest BCUT2D eigenvalue weighted by Crippen LogP contribution is -1.95. The molecule has 0 fully saturated rings. The number of hydrogen-bond acceptors (Lipinski definition) is 1. The third kappa shape index (κ3) is 3.56. The Labute approximate surface area is 136 Å². The zero-order chi connectivity index (χ0) is 14.7. The van der Waals surface area contributed by atoms with E-state index in [0.29, 0.717) is 31.2 Å². The smallest absolute Gasteiger partial charge is 0.187 e. The summed E-state index contributed by atoms with van der Waals surface area (Å²) in [6, 6.07) is 9.92. The van der Waals surface area contributed by atoms with Crippen LogP contribution < -0.4 is 0 Å². The van der Waals surface area contributed by atoms with Crippen molar-refractivity contribution < 1.29 is 4.79 Å². The number of rotatable bonds is 3. The summed E-state index contributed by atoms with van der Waals surface area (Å²) in [5.41, 5.74) is 1.04. The maximum Gasteiger partial charge on any atom is 0.187 e. The first-order valence-electron chi connectivity index (χ1n) is 5.60. The Morgan fingerprint density at radius 1 is 0.950 bits per heavy atom. The van der Waals surface area contributed by atoms with Crippen molar-refractivity contribution in [1.82, 2.24) is 0 Å². The molecule has 0 radical (unpaired) electrons. The van der Waals surface area contributed by atoms with Gasteiger partial charge in [0.2, 0.25) is 0 Å². The highest BCUT2D eigenvalue weighted by molar-refractivity contribution is 6.43.